The fourth-order valence-electron chi connectivity index (χ4n) is 1.57. The van der Waals surface area contributed by atoms with E-state index >= 15 is 0 Å². The van der Waals surface area contributed by atoms with Gasteiger partial charge in [0, 0.05) is 6.54 Å². The van der Waals surface area contributed by atoms with E-state index in [1.165, 1.54) is 12.8 Å². The Kier molecular flexibility index (Phi) is 6.32. The minimum Gasteiger partial charge on any atom is -0.316 e. The Balaban J connectivity index is 4.05. The van der Waals surface area contributed by atoms with E-state index in [1.54, 1.807) is 0 Å². The highest BCUT2D eigenvalue weighted by atomic mass is 14.9. The molecule has 1 atom stereocenters. The van der Waals surface area contributed by atoms with E-state index < -0.39 is 0 Å². The second-order valence-corrected chi connectivity index (χ2v) is 6.94. The van der Waals surface area contributed by atoms with Crippen LogP contribution in [-0.2, 0) is 0 Å². The average molecular weight is 225 g/mol. The Labute approximate surface area is 103 Å². The molecule has 0 spiro atoms. The molecule has 16 heavy (non-hydrogen) atoms. The predicted octanol–water partition coefficient (Wildman–Crippen LogP) is 4.25. The average Bonchev–Trinajstić information content (AvgIpc) is 2.13. The zero-order chi connectivity index (χ0) is 12.8. The molecule has 0 aromatic heterocycles. The maximum atomic E-state index is 3.99. The second kappa shape index (κ2) is 6.44. The van der Waals surface area contributed by atoms with Gasteiger partial charge in [0.1, 0.15) is 0 Å². The summed E-state index contributed by atoms with van der Waals surface area (Å²) in [5, 5.41) is 3.54. The smallest absolute Gasteiger partial charge is 0.00399 e. The van der Waals surface area contributed by atoms with Crippen LogP contribution < -0.4 is 5.32 Å². The Morgan fingerprint density at radius 3 is 2.06 bits per heavy atom. The van der Waals surface area contributed by atoms with Crippen molar-refractivity contribution in [3.8, 4) is 0 Å². The van der Waals surface area contributed by atoms with E-state index in [0.29, 0.717) is 5.41 Å². The van der Waals surface area contributed by atoms with Crippen molar-refractivity contribution in [3.63, 3.8) is 0 Å². The van der Waals surface area contributed by atoms with Gasteiger partial charge in [0.15, 0.2) is 0 Å². The predicted molar refractivity (Wildman–Crippen MR) is 74.7 cm³/mol. The summed E-state index contributed by atoms with van der Waals surface area (Å²) in [7, 11) is 0. The Morgan fingerprint density at radius 1 is 1.12 bits per heavy atom. The molecule has 0 rings (SSSR count). The quantitative estimate of drug-likeness (QED) is 0.639. The lowest BCUT2D eigenvalue weighted by molar-refractivity contribution is 0.273. The Morgan fingerprint density at radius 2 is 1.69 bits per heavy atom. The molecule has 0 bridgehead atoms. The first kappa shape index (κ1) is 15.7. The molecule has 0 aliphatic carbocycles. The molecule has 0 heterocycles. The topological polar surface area (TPSA) is 12.0 Å². The minimum atomic E-state index is 0.238. The SMILES string of the molecule is C=CC(C)(CCC(C)(C)C)CNCC(C)C. The maximum Gasteiger partial charge on any atom is 0.00399 e. The largest absolute Gasteiger partial charge is 0.316 e. The molecule has 0 radical (unpaired) electrons. The van der Waals surface area contributed by atoms with Crippen LogP contribution in [0, 0.1) is 16.7 Å². The Hall–Kier alpha value is -0.300. The van der Waals surface area contributed by atoms with Gasteiger partial charge in [-0.1, -0.05) is 47.6 Å². The van der Waals surface area contributed by atoms with E-state index in [1.807, 2.05) is 0 Å². The van der Waals surface area contributed by atoms with Crippen LogP contribution in [-0.4, -0.2) is 13.1 Å². The first-order chi connectivity index (χ1) is 7.18. The van der Waals surface area contributed by atoms with Crippen molar-refractivity contribution >= 4 is 0 Å². The van der Waals surface area contributed by atoms with Crippen molar-refractivity contribution in [2.45, 2.75) is 54.4 Å². The molecule has 0 fully saturated rings. The van der Waals surface area contributed by atoms with Crippen LogP contribution in [0.3, 0.4) is 0 Å². The standard InChI is InChI=1S/C15H31N/c1-8-15(7,10-9-14(4,5)6)12-16-11-13(2)3/h8,13,16H,1,9-12H2,2-7H3. The van der Waals surface area contributed by atoms with Crippen LogP contribution in [0.4, 0.5) is 0 Å². The highest BCUT2D eigenvalue weighted by molar-refractivity contribution is 4.93. The first-order valence-electron chi connectivity index (χ1n) is 6.53. The third-order valence-corrected chi connectivity index (χ3v) is 3.02. The lowest BCUT2D eigenvalue weighted by Gasteiger charge is -2.30. The maximum absolute atomic E-state index is 3.99. The molecular weight excluding hydrogens is 194 g/mol. The molecule has 0 aliphatic rings. The molecule has 0 aromatic rings. The van der Waals surface area contributed by atoms with Crippen LogP contribution in [0.2, 0.25) is 0 Å². The number of hydrogen-bond acceptors (Lipinski definition) is 1. The van der Waals surface area contributed by atoms with Gasteiger partial charge >= 0.3 is 0 Å². The van der Waals surface area contributed by atoms with Gasteiger partial charge in [-0.25, -0.2) is 0 Å². The summed E-state index contributed by atoms with van der Waals surface area (Å²) in [5.41, 5.74) is 0.657. The third-order valence-electron chi connectivity index (χ3n) is 3.02. The number of nitrogens with one attached hydrogen (secondary N) is 1. The molecule has 96 valence electrons. The molecule has 1 nitrogen and oxygen atoms in total. The zero-order valence-corrected chi connectivity index (χ0v) is 12.2. The summed E-state index contributed by atoms with van der Waals surface area (Å²) >= 11 is 0. The van der Waals surface area contributed by atoms with Crippen molar-refractivity contribution in [2.24, 2.45) is 16.7 Å². The van der Waals surface area contributed by atoms with Gasteiger partial charge in [0.05, 0.1) is 0 Å². The van der Waals surface area contributed by atoms with E-state index in [9.17, 15) is 0 Å². The van der Waals surface area contributed by atoms with Gasteiger partial charge < -0.3 is 5.32 Å². The highest BCUT2D eigenvalue weighted by Gasteiger charge is 2.22. The second-order valence-electron chi connectivity index (χ2n) is 6.94. The highest BCUT2D eigenvalue weighted by Crippen LogP contribution is 2.31. The summed E-state index contributed by atoms with van der Waals surface area (Å²) < 4.78 is 0. The number of rotatable bonds is 7. The van der Waals surface area contributed by atoms with Gasteiger partial charge in [-0.3, -0.25) is 0 Å². The minimum absolute atomic E-state index is 0.238. The summed E-state index contributed by atoms with van der Waals surface area (Å²) in [6.45, 7) is 19.8. The van der Waals surface area contributed by atoms with E-state index in [2.05, 4.69) is 59.5 Å². The molecular formula is C15H31N. The summed E-state index contributed by atoms with van der Waals surface area (Å²) in [6, 6.07) is 0. The lowest BCUT2D eigenvalue weighted by atomic mass is 9.79. The van der Waals surface area contributed by atoms with E-state index in [-0.39, 0.29) is 5.41 Å². The molecule has 0 saturated carbocycles. The van der Waals surface area contributed by atoms with Crippen molar-refractivity contribution in [3.05, 3.63) is 12.7 Å². The molecule has 0 saturated heterocycles. The number of hydrogen-bond donors (Lipinski definition) is 1. The summed E-state index contributed by atoms with van der Waals surface area (Å²) in [5.74, 6) is 0.719. The fourth-order valence-corrected chi connectivity index (χ4v) is 1.57. The summed E-state index contributed by atoms with van der Waals surface area (Å²) in [6.07, 6.45) is 4.58. The molecule has 1 unspecified atom stereocenters. The van der Waals surface area contributed by atoms with Crippen LogP contribution >= 0.6 is 0 Å². The summed E-state index contributed by atoms with van der Waals surface area (Å²) in [4.78, 5) is 0. The molecule has 0 amide bonds. The third kappa shape index (κ3) is 7.92. The van der Waals surface area contributed by atoms with Crippen molar-refractivity contribution < 1.29 is 0 Å². The van der Waals surface area contributed by atoms with Crippen LogP contribution in [0.1, 0.15) is 54.4 Å². The molecule has 1 N–H and O–H groups in total. The molecule has 0 aromatic carbocycles. The lowest BCUT2D eigenvalue weighted by Crippen LogP contribution is -2.33. The fraction of sp³-hybridized carbons (Fsp3) is 0.867. The van der Waals surface area contributed by atoms with Crippen molar-refractivity contribution in [2.75, 3.05) is 13.1 Å². The zero-order valence-electron chi connectivity index (χ0n) is 12.2. The monoisotopic (exact) mass is 225 g/mol. The van der Waals surface area contributed by atoms with Crippen LogP contribution in [0.5, 0.6) is 0 Å². The normalized spacial score (nSPS) is 16.2. The van der Waals surface area contributed by atoms with Gasteiger partial charge in [-0.05, 0) is 36.1 Å². The van der Waals surface area contributed by atoms with Gasteiger partial charge in [-0.15, -0.1) is 6.58 Å². The van der Waals surface area contributed by atoms with Gasteiger partial charge in [0.25, 0.3) is 0 Å². The molecule has 1 heteroatoms. The van der Waals surface area contributed by atoms with Crippen LogP contribution in [0.25, 0.3) is 0 Å². The van der Waals surface area contributed by atoms with E-state index in [0.717, 1.165) is 19.0 Å². The Bertz CT molecular complexity index is 200. The van der Waals surface area contributed by atoms with Crippen LogP contribution in [0.15, 0.2) is 12.7 Å². The van der Waals surface area contributed by atoms with Crippen molar-refractivity contribution in [1.29, 1.82) is 0 Å². The first-order valence-corrected chi connectivity index (χ1v) is 6.53. The molecule has 0 aliphatic heterocycles. The van der Waals surface area contributed by atoms with Gasteiger partial charge in [-0.2, -0.15) is 0 Å². The van der Waals surface area contributed by atoms with Crippen molar-refractivity contribution in [1.82, 2.24) is 5.32 Å². The van der Waals surface area contributed by atoms with E-state index in [4.69, 9.17) is 0 Å². The van der Waals surface area contributed by atoms with Gasteiger partial charge in [0.2, 0.25) is 0 Å².